The van der Waals surface area contributed by atoms with Crippen molar-refractivity contribution in [2.75, 3.05) is 32.8 Å². The van der Waals surface area contributed by atoms with Crippen molar-refractivity contribution in [3.8, 4) is 0 Å². The van der Waals surface area contributed by atoms with Crippen molar-refractivity contribution >= 4 is 0 Å². The van der Waals surface area contributed by atoms with E-state index >= 15 is 0 Å². The third-order valence-electron chi connectivity index (χ3n) is 2.96. The first-order valence-electron chi connectivity index (χ1n) is 6.29. The van der Waals surface area contributed by atoms with E-state index in [1.165, 1.54) is 0 Å². The largest absolute Gasteiger partial charge is 0.376 e. The summed E-state index contributed by atoms with van der Waals surface area (Å²) < 4.78 is 5.51. The molecule has 1 aromatic rings. The predicted octanol–water partition coefficient (Wildman–Crippen LogP) is 0.892. The van der Waals surface area contributed by atoms with Crippen LogP contribution >= 0.6 is 0 Å². The molecular weight excluding hydrogens is 214 g/mol. The van der Waals surface area contributed by atoms with Crippen LogP contribution in [0, 0.1) is 0 Å². The van der Waals surface area contributed by atoms with Crippen molar-refractivity contribution < 1.29 is 4.74 Å². The summed E-state index contributed by atoms with van der Waals surface area (Å²) >= 11 is 0. The fourth-order valence-electron chi connectivity index (χ4n) is 2.05. The molecule has 1 aliphatic heterocycles. The Morgan fingerprint density at radius 3 is 3.24 bits per heavy atom. The molecular formula is C13H21N3O. The minimum atomic E-state index is 0.375. The summed E-state index contributed by atoms with van der Waals surface area (Å²) in [4.78, 5) is 6.72. The summed E-state index contributed by atoms with van der Waals surface area (Å²) in [5.41, 5.74) is 1.10. The Bertz CT molecular complexity index is 318. The first-order valence-corrected chi connectivity index (χ1v) is 6.29. The van der Waals surface area contributed by atoms with Gasteiger partial charge in [0.25, 0.3) is 0 Å². The molecule has 0 bridgehead atoms. The van der Waals surface area contributed by atoms with Crippen molar-refractivity contribution in [1.29, 1.82) is 0 Å². The lowest BCUT2D eigenvalue weighted by Crippen LogP contribution is -2.43. The summed E-state index contributed by atoms with van der Waals surface area (Å²) in [7, 11) is 0. The van der Waals surface area contributed by atoms with Crippen LogP contribution < -0.4 is 5.32 Å². The highest BCUT2D eigenvalue weighted by molar-refractivity contribution is 5.02. The molecule has 4 nitrogen and oxygen atoms in total. The maximum Gasteiger partial charge on any atom is 0.0674 e. The normalized spacial score (nSPS) is 21.6. The van der Waals surface area contributed by atoms with Gasteiger partial charge in [-0.15, -0.1) is 0 Å². The zero-order chi connectivity index (χ0) is 11.9. The first-order chi connectivity index (χ1) is 8.34. The summed E-state index contributed by atoms with van der Waals surface area (Å²) in [5, 5.41) is 3.42. The van der Waals surface area contributed by atoms with E-state index in [9.17, 15) is 0 Å². The second kappa shape index (κ2) is 6.69. The summed E-state index contributed by atoms with van der Waals surface area (Å²) in [6, 6.07) is 6.01. The summed E-state index contributed by atoms with van der Waals surface area (Å²) in [6.07, 6.45) is 2.21. The van der Waals surface area contributed by atoms with E-state index in [0.29, 0.717) is 6.10 Å². The lowest BCUT2D eigenvalue weighted by molar-refractivity contribution is -0.0176. The molecule has 1 aromatic heterocycles. The van der Waals surface area contributed by atoms with Gasteiger partial charge < -0.3 is 10.1 Å². The molecule has 94 valence electrons. The number of ether oxygens (including phenoxy) is 1. The minimum absolute atomic E-state index is 0.375. The molecule has 1 unspecified atom stereocenters. The summed E-state index contributed by atoms with van der Waals surface area (Å²) in [5.74, 6) is 0. The van der Waals surface area contributed by atoms with Gasteiger partial charge in [-0.25, -0.2) is 0 Å². The fraction of sp³-hybridized carbons (Fsp3) is 0.615. The molecule has 1 saturated heterocycles. The molecule has 2 heterocycles. The molecule has 0 saturated carbocycles. The van der Waals surface area contributed by atoms with E-state index in [1.807, 2.05) is 24.4 Å². The molecule has 1 aliphatic rings. The molecule has 1 N–H and O–H groups in total. The van der Waals surface area contributed by atoms with Gasteiger partial charge in [0.05, 0.1) is 18.4 Å². The molecule has 0 aliphatic carbocycles. The monoisotopic (exact) mass is 235 g/mol. The van der Waals surface area contributed by atoms with E-state index in [4.69, 9.17) is 4.74 Å². The molecule has 2 rings (SSSR count). The molecule has 0 radical (unpaired) electrons. The van der Waals surface area contributed by atoms with E-state index in [1.54, 1.807) is 0 Å². The fourth-order valence-corrected chi connectivity index (χ4v) is 2.05. The van der Waals surface area contributed by atoms with Crippen molar-refractivity contribution in [1.82, 2.24) is 15.2 Å². The van der Waals surface area contributed by atoms with Gasteiger partial charge in [0.15, 0.2) is 0 Å². The Morgan fingerprint density at radius 1 is 1.53 bits per heavy atom. The van der Waals surface area contributed by atoms with Gasteiger partial charge in [-0.05, 0) is 19.1 Å². The van der Waals surface area contributed by atoms with Crippen LogP contribution in [-0.4, -0.2) is 48.8 Å². The van der Waals surface area contributed by atoms with E-state index in [2.05, 4.69) is 22.1 Å². The number of pyridine rings is 1. The number of nitrogens with one attached hydrogen (secondary N) is 1. The van der Waals surface area contributed by atoms with Crippen LogP contribution in [0.1, 0.15) is 12.6 Å². The van der Waals surface area contributed by atoms with Crippen molar-refractivity contribution in [3.63, 3.8) is 0 Å². The number of nitrogens with zero attached hydrogens (tertiary/aromatic N) is 2. The quantitative estimate of drug-likeness (QED) is 0.769. The number of morpholine rings is 1. The van der Waals surface area contributed by atoms with Crippen LogP contribution in [0.4, 0.5) is 0 Å². The summed E-state index contributed by atoms with van der Waals surface area (Å²) in [6.45, 7) is 8.03. The van der Waals surface area contributed by atoms with Crippen LogP contribution in [0.5, 0.6) is 0 Å². The van der Waals surface area contributed by atoms with Gasteiger partial charge in [-0.3, -0.25) is 9.88 Å². The van der Waals surface area contributed by atoms with Crippen molar-refractivity contribution in [2.45, 2.75) is 19.6 Å². The third-order valence-corrected chi connectivity index (χ3v) is 2.96. The maximum atomic E-state index is 5.51. The maximum absolute atomic E-state index is 5.51. The van der Waals surface area contributed by atoms with E-state index < -0.39 is 0 Å². The molecule has 0 spiro atoms. The topological polar surface area (TPSA) is 37.4 Å². The van der Waals surface area contributed by atoms with Crippen LogP contribution in [0.3, 0.4) is 0 Å². The third kappa shape index (κ3) is 4.42. The highest BCUT2D eigenvalue weighted by Crippen LogP contribution is 2.02. The predicted molar refractivity (Wildman–Crippen MR) is 67.8 cm³/mol. The molecule has 0 aromatic carbocycles. The SMILES string of the molecule is CC1CN(CCNCc2ccccn2)CCO1. The van der Waals surface area contributed by atoms with Crippen LogP contribution in [-0.2, 0) is 11.3 Å². The van der Waals surface area contributed by atoms with Crippen molar-refractivity contribution in [2.24, 2.45) is 0 Å². The van der Waals surface area contributed by atoms with Gasteiger partial charge >= 0.3 is 0 Å². The number of hydrogen-bond donors (Lipinski definition) is 1. The average Bonchev–Trinajstić information content (AvgIpc) is 2.36. The molecule has 0 amide bonds. The standard InChI is InChI=1S/C13H21N3O/c1-12-11-16(8-9-17-12)7-6-14-10-13-4-2-3-5-15-13/h2-5,12,14H,6-11H2,1H3. The van der Waals surface area contributed by atoms with E-state index in [0.717, 1.165) is 45.0 Å². The van der Waals surface area contributed by atoms with Crippen LogP contribution in [0.25, 0.3) is 0 Å². The van der Waals surface area contributed by atoms with Gasteiger partial charge in [-0.1, -0.05) is 6.07 Å². The number of rotatable bonds is 5. The Hall–Kier alpha value is -0.970. The number of aromatic nitrogens is 1. The van der Waals surface area contributed by atoms with Gasteiger partial charge in [0.1, 0.15) is 0 Å². The zero-order valence-electron chi connectivity index (χ0n) is 10.4. The van der Waals surface area contributed by atoms with Gasteiger partial charge in [0, 0.05) is 38.9 Å². The smallest absolute Gasteiger partial charge is 0.0674 e. The highest BCUT2D eigenvalue weighted by atomic mass is 16.5. The Kier molecular flexibility index (Phi) is 4.91. The second-order valence-electron chi connectivity index (χ2n) is 4.48. The molecule has 17 heavy (non-hydrogen) atoms. The van der Waals surface area contributed by atoms with Gasteiger partial charge in [-0.2, -0.15) is 0 Å². The lowest BCUT2D eigenvalue weighted by atomic mass is 10.3. The Morgan fingerprint density at radius 2 is 2.47 bits per heavy atom. The Labute approximate surface area is 103 Å². The lowest BCUT2D eigenvalue weighted by Gasteiger charge is -2.31. The molecule has 1 fully saturated rings. The van der Waals surface area contributed by atoms with Crippen LogP contribution in [0.2, 0.25) is 0 Å². The zero-order valence-corrected chi connectivity index (χ0v) is 10.4. The second-order valence-corrected chi connectivity index (χ2v) is 4.48. The average molecular weight is 235 g/mol. The van der Waals surface area contributed by atoms with Crippen molar-refractivity contribution in [3.05, 3.63) is 30.1 Å². The highest BCUT2D eigenvalue weighted by Gasteiger charge is 2.15. The molecule has 4 heteroatoms. The number of hydrogen-bond acceptors (Lipinski definition) is 4. The Balaban J connectivity index is 1.60. The van der Waals surface area contributed by atoms with Crippen LogP contribution in [0.15, 0.2) is 24.4 Å². The van der Waals surface area contributed by atoms with Gasteiger partial charge in [0.2, 0.25) is 0 Å². The minimum Gasteiger partial charge on any atom is -0.376 e. The van der Waals surface area contributed by atoms with E-state index in [-0.39, 0.29) is 0 Å². The first kappa shape index (κ1) is 12.5. The molecule has 1 atom stereocenters.